The molecule has 1 atom stereocenters. The lowest BCUT2D eigenvalue weighted by molar-refractivity contribution is -0.126. The van der Waals surface area contributed by atoms with E-state index in [1.807, 2.05) is 0 Å². The van der Waals surface area contributed by atoms with Crippen LogP contribution in [-0.4, -0.2) is 79.1 Å². The van der Waals surface area contributed by atoms with E-state index in [-0.39, 0.29) is 24.3 Å². The van der Waals surface area contributed by atoms with Crippen molar-refractivity contribution in [1.82, 2.24) is 18.8 Å². The minimum Gasteiger partial charge on any atom is -0.295 e. The predicted octanol–water partition coefficient (Wildman–Crippen LogP) is 0.166. The molecular formula is C18H30N4O4S. The van der Waals surface area contributed by atoms with Gasteiger partial charge in [0, 0.05) is 26.2 Å². The number of hydrogen-bond acceptors (Lipinski definition) is 5. The van der Waals surface area contributed by atoms with Gasteiger partial charge in [-0.2, -0.15) is 17.0 Å². The molecule has 4 saturated heterocycles. The number of nitrogens with zero attached hydrogens (tertiary/aromatic N) is 3. The van der Waals surface area contributed by atoms with Crippen LogP contribution in [0.3, 0.4) is 0 Å². The van der Waals surface area contributed by atoms with Crippen LogP contribution < -0.4 is 5.32 Å². The van der Waals surface area contributed by atoms with Crippen LogP contribution in [0.1, 0.15) is 44.9 Å². The van der Waals surface area contributed by atoms with Crippen LogP contribution in [0.4, 0.5) is 0 Å². The Morgan fingerprint density at radius 1 is 0.778 bits per heavy atom. The molecule has 4 rings (SSSR count). The minimum atomic E-state index is -3.27. The summed E-state index contributed by atoms with van der Waals surface area (Å²) in [6.07, 6.45) is 6.15. The molecule has 0 spiro atoms. The van der Waals surface area contributed by atoms with Gasteiger partial charge in [0.25, 0.3) is 10.2 Å². The molecule has 0 saturated carbocycles. The first kappa shape index (κ1) is 19.3. The first-order chi connectivity index (χ1) is 12.9. The molecule has 1 unspecified atom stereocenters. The standard InChI is InChI=1S/C18H30N4O4S/c23-17-13-16(18(24)19-17)20-9-3-14(4-10-20)15-5-11-22(12-6-15)27(25,26)21-7-1-2-8-21/h14-16H,1-13H2,(H,19,23,24). The number of hydrogen-bond donors (Lipinski definition) is 1. The third-order valence-corrected chi connectivity index (χ3v) is 8.88. The monoisotopic (exact) mass is 398 g/mol. The van der Waals surface area contributed by atoms with Gasteiger partial charge in [0.05, 0.1) is 12.5 Å². The van der Waals surface area contributed by atoms with Crippen molar-refractivity contribution in [2.75, 3.05) is 39.3 Å². The molecule has 0 aliphatic carbocycles. The number of imide groups is 1. The van der Waals surface area contributed by atoms with Crippen LogP contribution in [0.25, 0.3) is 0 Å². The van der Waals surface area contributed by atoms with Gasteiger partial charge in [0.1, 0.15) is 0 Å². The highest BCUT2D eigenvalue weighted by Crippen LogP contribution is 2.34. The molecule has 0 aromatic rings. The normalized spacial score (nSPS) is 30.9. The summed E-state index contributed by atoms with van der Waals surface area (Å²) >= 11 is 0. The van der Waals surface area contributed by atoms with Crippen molar-refractivity contribution >= 4 is 22.0 Å². The van der Waals surface area contributed by atoms with Crippen molar-refractivity contribution in [2.24, 2.45) is 11.8 Å². The molecule has 0 aromatic heterocycles. The Balaban J connectivity index is 1.26. The number of rotatable bonds is 4. The summed E-state index contributed by atoms with van der Waals surface area (Å²) in [5.74, 6) is 0.840. The van der Waals surface area contributed by atoms with Crippen molar-refractivity contribution in [2.45, 2.75) is 51.0 Å². The second kappa shape index (κ2) is 7.77. The number of amides is 2. The summed E-state index contributed by atoms with van der Waals surface area (Å²) in [5.41, 5.74) is 0. The van der Waals surface area contributed by atoms with Crippen molar-refractivity contribution in [3.8, 4) is 0 Å². The van der Waals surface area contributed by atoms with Crippen LogP contribution in [0.5, 0.6) is 0 Å². The molecule has 4 aliphatic heterocycles. The predicted molar refractivity (Wildman–Crippen MR) is 99.9 cm³/mol. The van der Waals surface area contributed by atoms with Gasteiger partial charge in [-0.1, -0.05) is 0 Å². The highest BCUT2D eigenvalue weighted by Gasteiger charge is 2.40. The zero-order valence-corrected chi connectivity index (χ0v) is 16.6. The van der Waals surface area contributed by atoms with E-state index in [9.17, 15) is 18.0 Å². The largest absolute Gasteiger partial charge is 0.295 e. The van der Waals surface area contributed by atoms with Gasteiger partial charge in [0.15, 0.2) is 0 Å². The fraction of sp³-hybridized carbons (Fsp3) is 0.889. The maximum Gasteiger partial charge on any atom is 0.281 e. The van der Waals surface area contributed by atoms with Crippen LogP contribution in [0.2, 0.25) is 0 Å². The third-order valence-electron chi connectivity index (χ3n) is 6.84. The first-order valence-corrected chi connectivity index (χ1v) is 11.7. The van der Waals surface area contributed by atoms with E-state index in [4.69, 9.17) is 0 Å². The van der Waals surface area contributed by atoms with Gasteiger partial charge < -0.3 is 0 Å². The summed E-state index contributed by atoms with van der Waals surface area (Å²) in [5, 5.41) is 2.39. The molecule has 0 aromatic carbocycles. The fourth-order valence-corrected chi connectivity index (χ4v) is 6.92. The number of piperidine rings is 2. The lowest BCUT2D eigenvalue weighted by Crippen LogP contribution is -2.49. The second-order valence-corrected chi connectivity index (χ2v) is 10.3. The van der Waals surface area contributed by atoms with E-state index < -0.39 is 10.2 Å². The molecule has 0 bridgehead atoms. The van der Waals surface area contributed by atoms with E-state index in [1.54, 1.807) is 8.61 Å². The zero-order valence-electron chi connectivity index (χ0n) is 15.8. The lowest BCUT2D eigenvalue weighted by Gasteiger charge is -2.41. The molecule has 4 aliphatic rings. The molecule has 4 fully saturated rings. The fourth-order valence-electron chi connectivity index (χ4n) is 5.20. The Morgan fingerprint density at radius 2 is 1.30 bits per heavy atom. The lowest BCUT2D eigenvalue weighted by atomic mass is 9.79. The Kier molecular flexibility index (Phi) is 5.55. The van der Waals surface area contributed by atoms with Gasteiger partial charge >= 0.3 is 0 Å². The minimum absolute atomic E-state index is 0.154. The molecule has 0 radical (unpaired) electrons. The molecule has 2 amide bonds. The van der Waals surface area contributed by atoms with Crippen molar-refractivity contribution < 1.29 is 18.0 Å². The van der Waals surface area contributed by atoms with Crippen LogP contribution >= 0.6 is 0 Å². The molecule has 152 valence electrons. The van der Waals surface area contributed by atoms with Gasteiger partial charge in [-0.25, -0.2) is 0 Å². The molecule has 9 heteroatoms. The quantitative estimate of drug-likeness (QED) is 0.682. The number of likely N-dealkylation sites (tertiary alicyclic amines) is 1. The third kappa shape index (κ3) is 3.92. The molecular weight excluding hydrogens is 368 g/mol. The Bertz CT molecular complexity index is 675. The van der Waals surface area contributed by atoms with Gasteiger partial charge in [-0.15, -0.1) is 0 Å². The van der Waals surface area contributed by atoms with E-state index in [0.29, 0.717) is 38.0 Å². The Morgan fingerprint density at radius 3 is 1.81 bits per heavy atom. The summed E-state index contributed by atoms with van der Waals surface area (Å²) in [4.78, 5) is 25.4. The summed E-state index contributed by atoms with van der Waals surface area (Å²) < 4.78 is 28.7. The van der Waals surface area contributed by atoms with Crippen molar-refractivity contribution in [1.29, 1.82) is 0 Å². The molecule has 1 N–H and O–H groups in total. The highest BCUT2D eigenvalue weighted by atomic mass is 32.2. The number of nitrogens with one attached hydrogen (secondary N) is 1. The van der Waals surface area contributed by atoms with Gasteiger partial charge in [0.2, 0.25) is 11.8 Å². The average Bonchev–Trinajstić information content (AvgIpc) is 3.32. The van der Waals surface area contributed by atoms with Crippen LogP contribution in [0, 0.1) is 11.8 Å². The SMILES string of the molecule is O=C1CC(N2CCC(C3CCN(S(=O)(=O)N4CCCC4)CC3)CC2)C(=O)N1. The van der Waals surface area contributed by atoms with E-state index in [1.165, 1.54) is 0 Å². The van der Waals surface area contributed by atoms with Crippen LogP contribution in [-0.2, 0) is 19.8 Å². The summed E-state index contributed by atoms with van der Waals surface area (Å²) in [7, 11) is -3.27. The highest BCUT2D eigenvalue weighted by molar-refractivity contribution is 7.86. The average molecular weight is 399 g/mol. The zero-order chi connectivity index (χ0) is 19.0. The molecule has 4 heterocycles. The van der Waals surface area contributed by atoms with Gasteiger partial charge in [-0.3, -0.25) is 19.8 Å². The van der Waals surface area contributed by atoms with Gasteiger partial charge in [-0.05, 0) is 63.5 Å². The Hall–Kier alpha value is -1.03. The maximum atomic E-state index is 12.7. The first-order valence-electron chi connectivity index (χ1n) is 10.3. The van der Waals surface area contributed by atoms with Crippen LogP contribution in [0.15, 0.2) is 0 Å². The topological polar surface area (TPSA) is 90.0 Å². The summed E-state index contributed by atoms with van der Waals surface area (Å²) in [6, 6.07) is -0.286. The number of carbonyl (C=O) groups excluding carboxylic acids is 2. The molecule has 27 heavy (non-hydrogen) atoms. The summed E-state index contributed by atoms with van der Waals surface area (Å²) in [6.45, 7) is 4.28. The van der Waals surface area contributed by atoms with E-state index in [0.717, 1.165) is 51.6 Å². The smallest absolute Gasteiger partial charge is 0.281 e. The van der Waals surface area contributed by atoms with E-state index in [2.05, 4.69) is 10.2 Å². The maximum absolute atomic E-state index is 12.7. The molecule has 8 nitrogen and oxygen atoms in total. The Labute approximate surface area is 161 Å². The number of carbonyl (C=O) groups is 2. The second-order valence-electron chi connectivity index (χ2n) is 8.36. The van der Waals surface area contributed by atoms with Crippen molar-refractivity contribution in [3.63, 3.8) is 0 Å². The van der Waals surface area contributed by atoms with E-state index >= 15 is 0 Å². The van der Waals surface area contributed by atoms with Crippen molar-refractivity contribution in [3.05, 3.63) is 0 Å².